The van der Waals surface area contributed by atoms with Gasteiger partial charge in [0, 0.05) is 19.3 Å². The lowest BCUT2D eigenvalue weighted by atomic mass is 10.1. The van der Waals surface area contributed by atoms with Gasteiger partial charge in [0.05, 0.1) is 34.4 Å². The summed E-state index contributed by atoms with van der Waals surface area (Å²) in [5.74, 6) is -1.49. The Kier molecular flexibility index (Phi) is 32.0. The molecule has 0 fully saturated rings. The molecule has 0 saturated carbocycles. The molecule has 0 rings (SSSR count). The van der Waals surface area contributed by atoms with Crippen LogP contribution in [-0.4, -0.2) is 80.6 Å². The van der Waals surface area contributed by atoms with Gasteiger partial charge in [-0.05, 0) is 44.9 Å². The van der Waals surface area contributed by atoms with Crippen LogP contribution in [0, 0.1) is 0 Å². The summed E-state index contributed by atoms with van der Waals surface area (Å²) >= 11 is 0. The predicted molar refractivity (Wildman–Crippen MR) is 206 cm³/mol. The zero-order valence-electron chi connectivity index (χ0n) is 32.8. The van der Waals surface area contributed by atoms with Crippen molar-refractivity contribution in [2.24, 2.45) is 0 Å². The summed E-state index contributed by atoms with van der Waals surface area (Å²) in [5, 5.41) is 9.58. The van der Waals surface area contributed by atoms with Crippen molar-refractivity contribution < 1.29 is 38.2 Å². The van der Waals surface area contributed by atoms with Crippen LogP contribution in [-0.2, 0) is 28.6 Å². The molecule has 0 saturated heterocycles. The minimum atomic E-state index is -0.878. The Morgan fingerprint density at radius 2 is 1.12 bits per heavy atom. The van der Waals surface area contributed by atoms with Gasteiger partial charge < -0.3 is 23.8 Å². The number of aliphatic carboxylic acids is 1. The number of allylic oxidation sites excluding steroid dienone is 6. The molecule has 8 heteroatoms. The molecule has 0 aliphatic heterocycles. The van der Waals surface area contributed by atoms with E-state index in [1.807, 2.05) is 21.1 Å². The fourth-order valence-electron chi connectivity index (χ4n) is 5.69. The quantitative estimate of drug-likeness (QED) is 0.0303. The van der Waals surface area contributed by atoms with Crippen LogP contribution < -0.4 is 0 Å². The lowest BCUT2D eigenvalue weighted by Crippen LogP contribution is -2.50. The highest BCUT2D eigenvalue weighted by atomic mass is 16.6. The van der Waals surface area contributed by atoms with E-state index in [1.165, 1.54) is 57.8 Å². The molecule has 50 heavy (non-hydrogen) atoms. The summed E-state index contributed by atoms with van der Waals surface area (Å²) in [4.78, 5) is 36.8. The summed E-state index contributed by atoms with van der Waals surface area (Å²) in [5.41, 5.74) is 0. The van der Waals surface area contributed by atoms with E-state index >= 15 is 0 Å². The number of nitrogens with zero attached hydrogens (tertiary/aromatic N) is 1. The van der Waals surface area contributed by atoms with Gasteiger partial charge in [-0.3, -0.25) is 9.59 Å². The molecule has 8 nitrogen and oxygen atoms in total. The molecule has 2 atom stereocenters. The summed E-state index contributed by atoms with van der Waals surface area (Å²) in [7, 11) is 5.51. The minimum absolute atomic E-state index is 0.0560. The van der Waals surface area contributed by atoms with E-state index < -0.39 is 18.1 Å². The molecule has 0 aliphatic rings. The van der Waals surface area contributed by atoms with Crippen molar-refractivity contribution in [2.45, 2.75) is 174 Å². The van der Waals surface area contributed by atoms with E-state index in [1.54, 1.807) is 0 Å². The highest BCUT2D eigenvalue weighted by Crippen LogP contribution is 2.14. The standard InChI is InChI=1S/C42H75NO7/c1-6-8-10-12-14-16-18-19-20-21-22-23-25-26-28-30-32-40(44)49-37-38(36-48-35-34-39(42(46)47)43(3,4)5)50-41(45)33-31-29-27-24-17-15-13-11-9-7-2/h8,10,14,16,19-20,38-39H,6-7,9,11-13,15,17-18,21-37H2,1-5H3/p+1/b10-8+,16-14+,20-19+. The van der Waals surface area contributed by atoms with Crippen molar-refractivity contribution in [3.8, 4) is 0 Å². The van der Waals surface area contributed by atoms with Gasteiger partial charge in [-0.25, -0.2) is 4.79 Å². The number of quaternary nitrogens is 1. The molecule has 0 aromatic rings. The van der Waals surface area contributed by atoms with Gasteiger partial charge in [-0.1, -0.05) is 134 Å². The molecule has 0 amide bonds. The first-order valence-corrected chi connectivity index (χ1v) is 20.0. The van der Waals surface area contributed by atoms with Crippen LogP contribution in [0.5, 0.6) is 0 Å². The molecule has 1 N–H and O–H groups in total. The number of hydrogen-bond acceptors (Lipinski definition) is 6. The summed E-state index contributed by atoms with van der Waals surface area (Å²) in [6.07, 6.45) is 36.1. The minimum Gasteiger partial charge on any atom is -0.477 e. The van der Waals surface area contributed by atoms with Crippen LogP contribution in [0.4, 0.5) is 0 Å². The Morgan fingerprint density at radius 1 is 0.620 bits per heavy atom. The highest BCUT2D eigenvalue weighted by molar-refractivity contribution is 5.72. The van der Waals surface area contributed by atoms with Crippen LogP contribution >= 0.6 is 0 Å². The van der Waals surface area contributed by atoms with Gasteiger partial charge in [0.2, 0.25) is 0 Å². The maximum atomic E-state index is 12.6. The fraction of sp³-hybridized carbons (Fsp3) is 0.786. The van der Waals surface area contributed by atoms with E-state index in [0.717, 1.165) is 70.6 Å². The molecular formula is C42H76NO7+. The van der Waals surface area contributed by atoms with E-state index in [2.05, 4.69) is 50.3 Å². The number of carboxylic acids is 1. The number of carbonyl (C=O) groups excluding carboxylic acids is 2. The van der Waals surface area contributed by atoms with Crippen LogP contribution in [0.25, 0.3) is 0 Å². The average Bonchev–Trinajstić information content (AvgIpc) is 3.06. The van der Waals surface area contributed by atoms with E-state index in [4.69, 9.17) is 14.2 Å². The van der Waals surface area contributed by atoms with Crippen LogP contribution in [0.3, 0.4) is 0 Å². The highest BCUT2D eigenvalue weighted by Gasteiger charge is 2.31. The number of hydrogen-bond donors (Lipinski definition) is 1. The zero-order valence-corrected chi connectivity index (χ0v) is 32.8. The normalized spacial score (nSPS) is 13.4. The first kappa shape index (κ1) is 47.5. The van der Waals surface area contributed by atoms with Crippen molar-refractivity contribution in [1.29, 1.82) is 0 Å². The predicted octanol–water partition coefficient (Wildman–Crippen LogP) is 10.3. The van der Waals surface area contributed by atoms with Gasteiger partial charge in [0.15, 0.2) is 12.1 Å². The van der Waals surface area contributed by atoms with Gasteiger partial charge in [0.25, 0.3) is 0 Å². The maximum absolute atomic E-state index is 12.6. The second-order valence-electron chi connectivity index (χ2n) is 14.5. The summed E-state index contributed by atoms with van der Waals surface area (Å²) in [6, 6.07) is -0.613. The number of carbonyl (C=O) groups is 3. The van der Waals surface area contributed by atoms with Gasteiger partial charge in [-0.2, -0.15) is 0 Å². The molecule has 0 aromatic heterocycles. The van der Waals surface area contributed by atoms with Crippen molar-refractivity contribution >= 4 is 17.9 Å². The fourth-order valence-corrected chi connectivity index (χ4v) is 5.69. The molecule has 0 aliphatic carbocycles. The number of esters is 2. The molecule has 0 bridgehead atoms. The van der Waals surface area contributed by atoms with Crippen molar-refractivity contribution in [3.05, 3.63) is 36.5 Å². The molecule has 0 heterocycles. The zero-order chi connectivity index (χ0) is 37.1. The lowest BCUT2D eigenvalue weighted by Gasteiger charge is -2.31. The van der Waals surface area contributed by atoms with E-state index in [-0.39, 0.29) is 36.2 Å². The lowest BCUT2D eigenvalue weighted by molar-refractivity contribution is -0.887. The van der Waals surface area contributed by atoms with Crippen LogP contribution in [0.2, 0.25) is 0 Å². The first-order chi connectivity index (χ1) is 24.1. The third kappa shape index (κ3) is 31.5. The number of unbranched alkanes of at least 4 members (excludes halogenated alkanes) is 15. The van der Waals surface area contributed by atoms with Gasteiger partial charge in [-0.15, -0.1) is 0 Å². The summed E-state index contributed by atoms with van der Waals surface area (Å²) in [6.45, 7) is 4.59. The third-order valence-electron chi connectivity index (χ3n) is 8.80. The van der Waals surface area contributed by atoms with Crippen molar-refractivity contribution in [1.82, 2.24) is 0 Å². The third-order valence-corrected chi connectivity index (χ3v) is 8.80. The first-order valence-electron chi connectivity index (χ1n) is 20.0. The molecule has 0 radical (unpaired) electrons. The second kappa shape index (κ2) is 33.7. The SMILES string of the molecule is CC/C=C/C/C=C/C/C=C/CCCCCCCCC(=O)OCC(COCCC(C(=O)O)[N+](C)(C)C)OC(=O)CCCCCCCCCCCC. The maximum Gasteiger partial charge on any atom is 0.362 e. The number of likely N-dealkylation sites (N-methyl/N-ethyl adjacent to an activating group) is 1. The Hall–Kier alpha value is -2.45. The smallest absolute Gasteiger partial charge is 0.362 e. The Labute approximate surface area is 306 Å². The molecule has 2 unspecified atom stereocenters. The van der Waals surface area contributed by atoms with Gasteiger partial charge >= 0.3 is 17.9 Å². The van der Waals surface area contributed by atoms with E-state index in [9.17, 15) is 19.5 Å². The topological polar surface area (TPSA) is 99.1 Å². The molecule has 290 valence electrons. The monoisotopic (exact) mass is 707 g/mol. The number of carboxylic acid groups (broad SMARTS) is 1. The number of rotatable bonds is 35. The summed E-state index contributed by atoms with van der Waals surface area (Å²) < 4.78 is 17.2. The van der Waals surface area contributed by atoms with E-state index in [0.29, 0.717) is 19.3 Å². The average molecular weight is 707 g/mol. The largest absolute Gasteiger partial charge is 0.477 e. The van der Waals surface area contributed by atoms with Crippen molar-refractivity contribution in [2.75, 3.05) is 41.0 Å². The van der Waals surface area contributed by atoms with Crippen molar-refractivity contribution in [3.63, 3.8) is 0 Å². The number of ether oxygens (including phenoxy) is 3. The Bertz CT molecular complexity index is 922. The Morgan fingerprint density at radius 3 is 1.66 bits per heavy atom. The molecule has 0 aromatic carbocycles. The van der Waals surface area contributed by atoms with Crippen LogP contribution in [0.15, 0.2) is 36.5 Å². The van der Waals surface area contributed by atoms with Gasteiger partial charge in [0.1, 0.15) is 6.61 Å². The molecular weight excluding hydrogens is 630 g/mol. The second-order valence-corrected chi connectivity index (χ2v) is 14.5. The van der Waals surface area contributed by atoms with Crippen LogP contribution in [0.1, 0.15) is 162 Å². The molecule has 0 spiro atoms. The Balaban J connectivity index is 4.38.